The quantitative estimate of drug-likeness (QED) is 0.871. The van der Waals surface area contributed by atoms with Gasteiger partial charge in [-0.3, -0.25) is 4.90 Å². The molecule has 1 fully saturated rings. The van der Waals surface area contributed by atoms with Crippen LogP contribution in [0.5, 0.6) is 0 Å². The Balaban J connectivity index is 2.41. The van der Waals surface area contributed by atoms with Crippen molar-refractivity contribution in [3.8, 4) is 0 Å². The van der Waals surface area contributed by atoms with E-state index < -0.39 is 0 Å². The summed E-state index contributed by atoms with van der Waals surface area (Å²) in [5.74, 6) is 0. The number of cyclic esters (lactones) is 1. The molecule has 0 saturated carbocycles. The number of nitrogens with two attached hydrogens (primary N) is 1. The van der Waals surface area contributed by atoms with E-state index in [0.29, 0.717) is 13.2 Å². The van der Waals surface area contributed by atoms with Gasteiger partial charge < -0.3 is 10.5 Å². The molecule has 1 amide bonds. The molecule has 4 heteroatoms. The fourth-order valence-electron chi connectivity index (χ4n) is 2.27. The van der Waals surface area contributed by atoms with Gasteiger partial charge >= 0.3 is 6.09 Å². The van der Waals surface area contributed by atoms with Crippen molar-refractivity contribution in [1.29, 1.82) is 0 Å². The Morgan fingerprint density at radius 2 is 2.18 bits per heavy atom. The maximum absolute atomic E-state index is 11.9. The van der Waals surface area contributed by atoms with Gasteiger partial charge in [0.2, 0.25) is 0 Å². The number of hydrogen-bond acceptors (Lipinski definition) is 3. The third-order valence-corrected chi connectivity index (χ3v) is 3.27. The molecule has 1 aromatic carbocycles. The van der Waals surface area contributed by atoms with Gasteiger partial charge in [0.05, 0.1) is 11.2 Å². The van der Waals surface area contributed by atoms with Gasteiger partial charge in [0.25, 0.3) is 0 Å². The molecule has 2 N–H and O–H groups in total. The number of anilines is 1. The molecule has 1 aliphatic heterocycles. The van der Waals surface area contributed by atoms with Gasteiger partial charge in [0, 0.05) is 0 Å². The molecule has 1 unspecified atom stereocenters. The van der Waals surface area contributed by atoms with Gasteiger partial charge in [-0.05, 0) is 38.4 Å². The second-order valence-electron chi connectivity index (χ2n) is 4.71. The van der Waals surface area contributed by atoms with Gasteiger partial charge in [-0.15, -0.1) is 0 Å². The topological polar surface area (TPSA) is 55.6 Å². The molecule has 4 nitrogen and oxygen atoms in total. The van der Waals surface area contributed by atoms with E-state index in [4.69, 9.17) is 10.5 Å². The van der Waals surface area contributed by atoms with Crippen molar-refractivity contribution in [3.63, 3.8) is 0 Å². The molecule has 0 radical (unpaired) electrons. The second kappa shape index (κ2) is 4.37. The number of amides is 1. The zero-order chi connectivity index (χ0) is 12.5. The van der Waals surface area contributed by atoms with Crippen molar-refractivity contribution in [2.75, 3.05) is 18.1 Å². The smallest absolute Gasteiger partial charge is 0.415 e. The number of ether oxygens (including phenoxy) is 1. The Hall–Kier alpha value is -1.55. The van der Waals surface area contributed by atoms with Gasteiger partial charge in [0.15, 0.2) is 0 Å². The molecule has 1 heterocycles. The first-order valence-corrected chi connectivity index (χ1v) is 5.81. The van der Waals surface area contributed by atoms with Crippen molar-refractivity contribution in [2.24, 2.45) is 5.73 Å². The highest BCUT2D eigenvalue weighted by molar-refractivity contribution is 5.92. The van der Waals surface area contributed by atoms with Crippen LogP contribution in [0.3, 0.4) is 0 Å². The van der Waals surface area contributed by atoms with Crippen molar-refractivity contribution in [3.05, 3.63) is 29.8 Å². The summed E-state index contributed by atoms with van der Waals surface area (Å²) in [5.41, 5.74) is 7.26. The van der Waals surface area contributed by atoms with Crippen molar-refractivity contribution in [2.45, 2.75) is 25.8 Å². The number of carbonyl (C=O) groups excluding carboxylic acids is 1. The molecule has 2 rings (SSSR count). The third kappa shape index (κ3) is 2.00. The van der Waals surface area contributed by atoms with Crippen LogP contribution in [0.25, 0.3) is 0 Å². The molecule has 1 aromatic rings. The summed E-state index contributed by atoms with van der Waals surface area (Å²) in [5, 5.41) is 0. The first kappa shape index (κ1) is 11.9. The van der Waals surface area contributed by atoms with Crippen LogP contribution < -0.4 is 10.6 Å². The lowest BCUT2D eigenvalue weighted by Crippen LogP contribution is -2.46. The third-order valence-electron chi connectivity index (χ3n) is 3.27. The first-order valence-electron chi connectivity index (χ1n) is 5.81. The van der Waals surface area contributed by atoms with Crippen LogP contribution in [-0.2, 0) is 4.74 Å². The highest BCUT2D eigenvalue weighted by Crippen LogP contribution is 2.34. The van der Waals surface area contributed by atoms with E-state index in [-0.39, 0.29) is 11.6 Å². The van der Waals surface area contributed by atoms with Crippen LogP contribution in [0.15, 0.2) is 24.3 Å². The van der Waals surface area contributed by atoms with E-state index in [1.54, 1.807) is 4.90 Å². The minimum absolute atomic E-state index is 0.282. The van der Waals surface area contributed by atoms with Gasteiger partial charge in [-0.1, -0.05) is 18.2 Å². The summed E-state index contributed by atoms with van der Waals surface area (Å²) in [6.45, 7) is 4.94. The Kier molecular flexibility index (Phi) is 3.07. The Bertz CT molecular complexity index is 433. The van der Waals surface area contributed by atoms with Crippen LogP contribution in [0.2, 0.25) is 0 Å². The minimum atomic E-state index is -0.335. The van der Waals surface area contributed by atoms with Crippen LogP contribution in [0.4, 0.5) is 10.5 Å². The van der Waals surface area contributed by atoms with Crippen molar-refractivity contribution < 1.29 is 9.53 Å². The van der Waals surface area contributed by atoms with E-state index in [9.17, 15) is 4.79 Å². The molecular weight excluding hydrogens is 216 g/mol. The molecule has 1 saturated heterocycles. The molecule has 92 valence electrons. The van der Waals surface area contributed by atoms with Gasteiger partial charge in [-0.2, -0.15) is 0 Å². The molecule has 0 bridgehead atoms. The maximum atomic E-state index is 11.9. The molecule has 1 atom stereocenters. The highest BCUT2D eigenvalue weighted by Gasteiger charge is 2.44. The van der Waals surface area contributed by atoms with Gasteiger partial charge in [0.1, 0.15) is 6.61 Å². The lowest BCUT2D eigenvalue weighted by atomic mass is 9.96. The standard InChI is InChI=1S/C13H18N2O2/c1-10-5-3-4-6-11(10)15-12(16)17-9-13(15,2)7-8-14/h3-6H,7-9,14H2,1-2H3. The predicted molar refractivity (Wildman–Crippen MR) is 67.1 cm³/mol. The maximum Gasteiger partial charge on any atom is 0.415 e. The Morgan fingerprint density at radius 1 is 1.47 bits per heavy atom. The lowest BCUT2D eigenvalue weighted by molar-refractivity contribution is 0.173. The molecule has 0 spiro atoms. The minimum Gasteiger partial charge on any atom is -0.447 e. The largest absolute Gasteiger partial charge is 0.447 e. The molecule has 0 aromatic heterocycles. The summed E-state index contributed by atoms with van der Waals surface area (Å²) >= 11 is 0. The fraction of sp³-hybridized carbons (Fsp3) is 0.462. The average molecular weight is 234 g/mol. The van der Waals surface area contributed by atoms with E-state index in [2.05, 4.69) is 0 Å². The van der Waals surface area contributed by atoms with Crippen molar-refractivity contribution >= 4 is 11.8 Å². The number of benzene rings is 1. The van der Waals surface area contributed by atoms with E-state index >= 15 is 0 Å². The van der Waals surface area contributed by atoms with Gasteiger partial charge in [-0.25, -0.2) is 4.79 Å². The second-order valence-corrected chi connectivity index (χ2v) is 4.71. The molecule has 0 aliphatic carbocycles. The van der Waals surface area contributed by atoms with Crippen molar-refractivity contribution in [1.82, 2.24) is 0 Å². The predicted octanol–water partition coefficient (Wildman–Crippen LogP) is 2.06. The summed E-state index contributed by atoms with van der Waals surface area (Å²) in [4.78, 5) is 13.6. The normalized spacial score (nSPS) is 23.9. The number of aryl methyl sites for hydroxylation is 1. The SMILES string of the molecule is Cc1ccccc1N1C(=O)OCC1(C)CCN. The van der Waals surface area contributed by atoms with Crippen LogP contribution in [0, 0.1) is 6.92 Å². The Labute approximate surface area is 101 Å². The first-order chi connectivity index (χ1) is 8.08. The highest BCUT2D eigenvalue weighted by atomic mass is 16.6. The number of para-hydroxylation sites is 1. The molecule has 17 heavy (non-hydrogen) atoms. The molecule has 1 aliphatic rings. The summed E-state index contributed by atoms with van der Waals surface area (Å²) < 4.78 is 5.17. The number of rotatable bonds is 3. The monoisotopic (exact) mass is 234 g/mol. The summed E-state index contributed by atoms with van der Waals surface area (Å²) in [6, 6.07) is 7.82. The van der Waals surface area contributed by atoms with Crippen LogP contribution in [-0.4, -0.2) is 24.8 Å². The fourth-order valence-corrected chi connectivity index (χ4v) is 2.27. The van der Waals surface area contributed by atoms with Crippen LogP contribution in [0.1, 0.15) is 18.9 Å². The number of nitrogens with zero attached hydrogens (tertiary/aromatic N) is 1. The number of hydrogen-bond donors (Lipinski definition) is 1. The Morgan fingerprint density at radius 3 is 2.82 bits per heavy atom. The lowest BCUT2D eigenvalue weighted by Gasteiger charge is -2.32. The van der Waals surface area contributed by atoms with E-state index in [1.165, 1.54) is 0 Å². The van der Waals surface area contributed by atoms with E-state index in [1.807, 2.05) is 38.1 Å². The summed E-state index contributed by atoms with van der Waals surface area (Å²) in [7, 11) is 0. The zero-order valence-electron chi connectivity index (χ0n) is 10.3. The van der Waals surface area contributed by atoms with Crippen LogP contribution >= 0.6 is 0 Å². The van der Waals surface area contributed by atoms with E-state index in [0.717, 1.165) is 17.7 Å². The number of carbonyl (C=O) groups is 1. The molecular formula is C13H18N2O2. The summed E-state index contributed by atoms with van der Waals surface area (Å²) in [6.07, 6.45) is 0.447. The zero-order valence-corrected chi connectivity index (χ0v) is 10.3. The average Bonchev–Trinajstić information content (AvgIpc) is 2.57.